The quantitative estimate of drug-likeness (QED) is 0.394. The Labute approximate surface area is 81.2 Å². The van der Waals surface area contributed by atoms with E-state index in [1.807, 2.05) is 0 Å². The van der Waals surface area contributed by atoms with Crippen LogP contribution in [0.3, 0.4) is 0 Å². The lowest BCUT2D eigenvalue weighted by Crippen LogP contribution is -2.36. The zero-order valence-electron chi connectivity index (χ0n) is 8.85. The number of nitrogens with two attached hydrogens (primary N) is 1. The average Bonchev–Trinajstić information content (AvgIpc) is 2.78. The van der Waals surface area contributed by atoms with Gasteiger partial charge in [-0.25, -0.2) is 0 Å². The predicted molar refractivity (Wildman–Crippen MR) is 55.7 cm³/mol. The van der Waals surface area contributed by atoms with E-state index in [2.05, 4.69) is 38.0 Å². The van der Waals surface area contributed by atoms with Crippen LogP contribution in [0.1, 0.15) is 40.0 Å². The second kappa shape index (κ2) is 4.13. The highest BCUT2D eigenvalue weighted by Crippen LogP contribution is 2.33. The molecule has 0 aliphatic heterocycles. The Morgan fingerprint density at radius 2 is 2.08 bits per heavy atom. The molecule has 0 bridgehead atoms. The van der Waals surface area contributed by atoms with E-state index in [0.29, 0.717) is 6.04 Å². The summed E-state index contributed by atoms with van der Waals surface area (Å²) in [5.41, 5.74) is 2.96. The minimum absolute atomic E-state index is 0.114. The molecule has 0 aromatic carbocycles. The molecule has 2 nitrogen and oxygen atoms in total. The van der Waals surface area contributed by atoms with Crippen molar-refractivity contribution in [3.8, 4) is 11.8 Å². The molecule has 0 radical (unpaired) electrons. The predicted octanol–water partition coefficient (Wildman–Crippen LogP) is 1.67. The van der Waals surface area contributed by atoms with E-state index < -0.39 is 0 Å². The average molecular weight is 180 g/mol. The van der Waals surface area contributed by atoms with Crippen LogP contribution in [0.5, 0.6) is 0 Å². The summed E-state index contributed by atoms with van der Waals surface area (Å²) < 4.78 is 0. The van der Waals surface area contributed by atoms with E-state index in [4.69, 9.17) is 5.84 Å². The molecule has 1 unspecified atom stereocenters. The van der Waals surface area contributed by atoms with Gasteiger partial charge in [0, 0.05) is 17.9 Å². The maximum atomic E-state index is 5.45. The molecule has 74 valence electrons. The van der Waals surface area contributed by atoms with Gasteiger partial charge in [0.25, 0.3) is 0 Å². The lowest BCUT2D eigenvalue weighted by molar-refractivity contribution is 0.483. The van der Waals surface area contributed by atoms with Crippen molar-refractivity contribution in [1.29, 1.82) is 0 Å². The zero-order valence-corrected chi connectivity index (χ0v) is 8.85. The Kier molecular flexibility index (Phi) is 3.35. The highest BCUT2D eigenvalue weighted by molar-refractivity contribution is 5.09. The van der Waals surface area contributed by atoms with Crippen LogP contribution < -0.4 is 11.3 Å². The topological polar surface area (TPSA) is 38.0 Å². The van der Waals surface area contributed by atoms with Crippen molar-refractivity contribution in [2.24, 2.45) is 17.2 Å². The summed E-state index contributed by atoms with van der Waals surface area (Å²) in [7, 11) is 0. The van der Waals surface area contributed by atoms with E-state index in [9.17, 15) is 0 Å². The van der Waals surface area contributed by atoms with Gasteiger partial charge >= 0.3 is 0 Å². The molecular weight excluding hydrogens is 160 g/mol. The highest BCUT2D eigenvalue weighted by atomic mass is 15.2. The van der Waals surface area contributed by atoms with Crippen LogP contribution in [-0.4, -0.2) is 6.04 Å². The van der Waals surface area contributed by atoms with Gasteiger partial charge in [-0.2, -0.15) is 0 Å². The molecule has 1 aliphatic carbocycles. The zero-order chi connectivity index (χ0) is 9.90. The first-order valence-electron chi connectivity index (χ1n) is 4.99. The molecule has 2 heteroatoms. The molecule has 1 fully saturated rings. The van der Waals surface area contributed by atoms with Gasteiger partial charge in [0.05, 0.1) is 0 Å². The normalized spacial score (nSPS) is 19.1. The lowest BCUT2D eigenvalue weighted by atomic mass is 9.97. The Morgan fingerprint density at radius 3 is 2.46 bits per heavy atom. The maximum Gasteiger partial charge on any atom is 0.0348 e. The minimum Gasteiger partial charge on any atom is -0.271 e. The van der Waals surface area contributed by atoms with Crippen molar-refractivity contribution in [1.82, 2.24) is 5.43 Å². The summed E-state index contributed by atoms with van der Waals surface area (Å²) in [4.78, 5) is 0. The second-order valence-corrected chi connectivity index (χ2v) is 4.87. The van der Waals surface area contributed by atoms with Crippen LogP contribution in [0.15, 0.2) is 0 Å². The number of hydrogen-bond donors (Lipinski definition) is 2. The summed E-state index contributed by atoms with van der Waals surface area (Å²) >= 11 is 0. The molecule has 1 aliphatic rings. The van der Waals surface area contributed by atoms with E-state index in [1.165, 1.54) is 12.8 Å². The first kappa shape index (κ1) is 10.6. The third-order valence-electron chi connectivity index (χ3n) is 2.19. The van der Waals surface area contributed by atoms with Gasteiger partial charge in [0.2, 0.25) is 0 Å². The molecule has 0 saturated heterocycles. The second-order valence-electron chi connectivity index (χ2n) is 4.87. The Balaban J connectivity index is 2.33. The monoisotopic (exact) mass is 180 g/mol. The van der Waals surface area contributed by atoms with Crippen LogP contribution in [0.25, 0.3) is 0 Å². The largest absolute Gasteiger partial charge is 0.271 e. The van der Waals surface area contributed by atoms with Gasteiger partial charge < -0.3 is 0 Å². The van der Waals surface area contributed by atoms with E-state index in [0.717, 1.165) is 12.3 Å². The third kappa shape index (κ3) is 4.31. The Bertz CT molecular complexity index is 212. The van der Waals surface area contributed by atoms with Crippen molar-refractivity contribution in [2.45, 2.75) is 46.1 Å². The van der Waals surface area contributed by atoms with Gasteiger partial charge in [0.15, 0.2) is 0 Å². The first-order valence-corrected chi connectivity index (χ1v) is 4.99. The highest BCUT2D eigenvalue weighted by Gasteiger charge is 2.29. The Morgan fingerprint density at radius 1 is 1.46 bits per heavy atom. The van der Waals surface area contributed by atoms with Gasteiger partial charge in [-0.1, -0.05) is 5.92 Å². The molecule has 0 amide bonds. The molecule has 1 saturated carbocycles. The van der Waals surface area contributed by atoms with Gasteiger partial charge in [-0.3, -0.25) is 11.3 Å². The molecule has 0 heterocycles. The summed E-state index contributed by atoms with van der Waals surface area (Å²) in [6, 6.07) is 0.412. The SMILES string of the molecule is CC(C)(C)C#CCC(NN)C1CC1. The summed E-state index contributed by atoms with van der Waals surface area (Å²) in [5, 5.41) is 0. The van der Waals surface area contributed by atoms with Crippen molar-refractivity contribution >= 4 is 0 Å². The van der Waals surface area contributed by atoms with Crippen LogP contribution in [0.4, 0.5) is 0 Å². The number of hydrogen-bond acceptors (Lipinski definition) is 2. The lowest BCUT2D eigenvalue weighted by Gasteiger charge is -2.11. The fraction of sp³-hybridized carbons (Fsp3) is 0.818. The summed E-state index contributed by atoms with van der Waals surface area (Å²) in [5.74, 6) is 12.7. The van der Waals surface area contributed by atoms with Gasteiger partial charge in [-0.15, -0.1) is 5.92 Å². The molecule has 0 aromatic rings. The van der Waals surface area contributed by atoms with Gasteiger partial charge in [-0.05, 0) is 39.5 Å². The van der Waals surface area contributed by atoms with Crippen molar-refractivity contribution in [3.05, 3.63) is 0 Å². The number of hydrazine groups is 1. The minimum atomic E-state index is 0.114. The molecular formula is C11H20N2. The smallest absolute Gasteiger partial charge is 0.0348 e. The standard InChI is InChI=1S/C11H20N2/c1-11(2,3)8-4-5-10(13-12)9-6-7-9/h9-10,13H,5-7,12H2,1-3H3. The van der Waals surface area contributed by atoms with Gasteiger partial charge in [0.1, 0.15) is 0 Å². The molecule has 1 atom stereocenters. The molecule has 0 spiro atoms. The molecule has 1 rings (SSSR count). The van der Waals surface area contributed by atoms with E-state index >= 15 is 0 Å². The summed E-state index contributed by atoms with van der Waals surface area (Å²) in [6.07, 6.45) is 3.51. The number of nitrogens with one attached hydrogen (secondary N) is 1. The first-order chi connectivity index (χ1) is 6.03. The third-order valence-corrected chi connectivity index (χ3v) is 2.19. The van der Waals surface area contributed by atoms with Crippen molar-refractivity contribution in [2.75, 3.05) is 0 Å². The molecule has 0 aromatic heterocycles. The fourth-order valence-electron chi connectivity index (χ4n) is 1.29. The van der Waals surface area contributed by atoms with E-state index in [-0.39, 0.29) is 5.41 Å². The fourth-order valence-corrected chi connectivity index (χ4v) is 1.29. The molecule has 3 N–H and O–H groups in total. The van der Waals surface area contributed by atoms with Crippen molar-refractivity contribution in [3.63, 3.8) is 0 Å². The van der Waals surface area contributed by atoms with Crippen LogP contribution in [0.2, 0.25) is 0 Å². The summed E-state index contributed by atoms with van der Waals surface area (Å²) in [6.45, 7) is 6.38. The van der Waals surface area contributed by atoms with Crippen molar-refractivity contribution < 1.29 is 0 Å². The molecule has 13 heavy (non-hydrogen) atoms. The van der Waals surface area contributed by atoms with E-state index in [1.54, 1.807) is 0 Å². The van der Waals surface area contributed by atoms with Crippen LogP contribution >= 0.6 is 0 Å². The van der Waals surface area contributed by atoms with Crippen LogP contribution in [0, 0.1) is 23.2 Å². The maximum absolute atomic E-state index is 5.45. The van der Waals surface area contributed by atoms with Crippen LogP contribution in [-0.2, 0) is 0 Å². The Hall–Kier alpha value is -0.520. The number of rotatable bonds is 3.